The molecule has 0 aliphatic carbocycles. The molecule has 7 atom stereocenters. The van der Waals surface area contributed by atoms with E-state index in [0.717, 1.165) is 114 Å². The number of aliphatic hydroxyl groups excluding tert-OH is 1. The van der Waals surface area contributed by atoms with E-state index in [2.05, 4.69) is 55.4 Å². The molecule has 0 radical (unpaired) electrons. The second-order valence-electron chi connectivity index (χ2n) is 29.9. The number of ether oxygens (including phenoxy) is 4. The standard InChI is InChI=1S/C79H154O17P2/c1-9-71(7)57-49-41-32-28-24-20-17-18-22-26-30-34-45-53-61-78(83)95-74(65-89-76(81)59-51-43-33-29-25-21-16-14-12-11-13-15-19-23-27-31-39-47-55-69(3)4)67-93-97(85,86)91-63-73(80)64-92-98(87,88)94-68-75(66-90-77(82)60-52-44-37-35-40-48-56-70(5)6)96-79(84)62-54-46-38-36-42-50-58-72(8)10-2/h69-75,80H,9-68H2,1-8H3,(H,85,86)(H,87,88)/t71?,72?,73-,74-,75-/m1/s1. The van der Waals surface area contributed by atoms with Gasteiger partial charge in [0, 0.05) is 25.7 Å². The van der Waals surface area contributed by atoms with E-state index in [1.807, 2.05) is 0 Å². The number of hydrogen-bond acceptors (Lipinski definition) is 15. The molecule has 0 fully saturated rings. The Bertz CT molecular complexity index is 1920. The average molecular weight is 1440 g/mol. The highest BCUT2D eigenvalue weighted by atomic mass is 31.2. The van der Waals surface area contributed by atoms with Crippen LogP contribution in [0.2, 0.25) is 0 Å². The molecule has 582 valence electrons. The Morgan fingerprint density at radius 3 is 0.724 bits per heavy atom. The largest absolute Gasteiger partial charge is 0.472 e. The predicted octanol–water partition coefficient (Wildman–Crippen LogP) is 23.2. The van der Waals surface area contributed by atoms with Crippen LogP contribution < -0.4 is 0 Å². The minimum absolute atomic E-state index is 0.102. The molecular weight excluding hydrogens is 1280 g/mol. The first-order valence-electron chi connectivity index (χ1n) is 40.8. The van der Waals surface area contributed by atoms with Gasteiger partial charge in [0.2, 0.25) is 0 Å². The van der Waals surface area contributed by atoms with Crippen LogP contribution in [0.3, 0.4) is 0 Å². The molecule has 0 amide bonds. The van der Waals surface area contributed by atoms with Crippen molar-refractivity contribution in [2.75, 3.05) is 39.6 Å². The first-order chi connectivity index (χ1) is 47.2. The molecule has 0 bridgehead atoms. The highest BCUT2D eigenvalue weighted by Crippen LogP contribution is 2.45. The van der Waals surface area contributed by atoms with Crippen molar-refractivity contribution in [2.45, 2.75) is 420 Å². The van der Waals surface area contributed by atoms with Crippen molar-refractivity contribution in [2.24, 2.45) is 23.7 Å². The Hall–Kier alpha value is -1.94. The van der Waals surface area contributed by atoms with Gasteiger partial charge in [0.05, 0.1) is 26.4 Å². The summed E-state index contributed by atoms with van der Waals surface area (Å²) >= 11 is 0. The lowest BCUT2D eigenvalue weighted by molar-refractivity contribution is -0.161. The minimum atomic E-state index is -4.96. The van der Waals surface area contributed by atoms with E-state index in [1.54, 1.807) is 0 Å². The number of hydrogen-bond donors (Lipinski definition) is 3. The number of esters is 4. The van der Waals surface area contributed by atoms with E-state index < -0.39 is 97.5 Å². The van der Waals surface area contributed by atoms with E-state index >= 15 is 0 Å². The molecule has 0 aromatic carbocycles. The lowest BCUT2D eigenvalue weighted by atomic mass is 9.99. The third-order valence-electron chi connectivity index (χ3n) is 19.0. The van der Waals surface area contributed by atoms with Gasteiger partial charge < -0.3 is 33.8 Å². The summed E-state index contributed by atoms with van der Waals surface area (Å²) < 4.78 is 68.5. The van der Waals surface area contributed by atoms with Crippen molar-refractivity contribution >= 4 is 39.5 Å². The fourth-order valence-electron chi connectivity index (χ4n) is 12.0. The molecule has 0 heterocycles. The normalized spacial score (nSPS) is 14.6. The summed E-state index contributed by atoms with van der Waals surface area (Å²) in [7, 11) is -9.91. The van der Waals surface area contributed by atoms with Crippen molar-refractivity contribution in [3.8, 4) is 0 Å². The molecule has 98 heavy (non-hydrogen) atoms. The van der Waals surface area contributed by atoms with Gasteiger partial charge in [-0.25, -0.2) is 9.13 Å². The van der Waals surface area contributed by atoms with Gasteiger partial charge in [-0.05, 0) is 49.4 Å². The van der Waals surface area contributed by atoms with E-state index in [9.17, 15) is 43.2 Å². The third-order valence-corrected chi connectivity index (χ3v) is 20.9. The summed E-state index contributed by atoms with van der Waals surface area (Å²) in [5.74, 6) is 0.946. The lowest BCUT2D eigenvalue weighted by Gasteiger charge is -2.21. The zero-order valence-electron chi connectivity index (χ0n) is 64.4. The van der Waals surface area contributed by atoms with Crippen molar-refractivity contribution in [1.82, 2.24) is 0 Å². The van der Waals surface area contributed by atoms with Gasteiger partial charge in [0.1, 0.15) is 19.3 Å². The molecule has 3 N–H and O–H groups in total. The first-order valence-corrected chi connectivity index (χ1v) is 43.8. The van der Waals surface area contributed by atoms with Crippen LogP contribution in [-0.4, -0.2) is 96.7 Å². The molecule has 0 spiro atoms. The Kier molecular flexibility index (Phi) is 66.8. The Morgan fingerprint density at radius 2 is 0.490 bits per heavy atom. The summed E-state index contributed by atoms with van der Waals surface area (Å²) in [6, 6.07) is 0. The van der Waals surface area contributed by atoms with E-state index in [4.69, 9.17) is 37.0 Å². The molecule has 0 saturated heterocycles. The Labute approximate surface area is 600 Å². The van der Waals surface area contributed by atoms with Crippen LogP contribution in [0.1, 0.15) is 402 Å². The Balaban J connectivity index is 5.19. The van der Waals surface area contributed by atoms with Crippen LogP contribution in [0, 0.1) is 23.7 Å². The Morgan fingerprint density at radius 1 is 0.286 bits per heavy atom. The number of unbranched alkanes of at least 4 members (excludes halogenated alkanes) is 40. The van der Waals surface area contributed by atoms with Crippen molar-refractivity contribution in [1.29, 1.82) is 0 Å². The SMILES string of the molecule is CCC(C)CCCCCCCCCCCCCCCCC(=O)O[C@H](COC(=O)CCCCCCCCCCCCCCCCCCCCC(C)C)COP(=O)(O)OC[C@@H](O)COP(=O)(O)OC[C@@H](COC(=O)CCCCCCCCC(C)C)OC(=O)CCCCCCCCC(C)CC. The molecule has 17 nitrogen and oxygen atoms in total. The monoisotopic (exact) mass is 1440 g/mol. The molecule has 4 unspecified atom stereocenters. The maximum atomic E-state index is 13.1. The maximum Gasteiger partial charge on any atom is 0.472 e. The van der Waals surface area contributed by atoms with Gasteiger partial charge in [-0.3, -0.25) is 37.3 Å². The van der Waals surface area contributed by atoms with Gasteiger partial charge in [-0.1, -0.05) is 351 Å². The second kappa shape index (κ2) is 68.2. The number of rotatable bonds is 76. The van der Waals surface area contributed by atoms with Crippen LogP contribution >= 0.6 is 15.6 Å². The molecule has 19 heteroatoms. The van der Waals surface area contributed by atoms with E-state index in [1.165, 1.54) is 199 Å². The molecule has 0 rings (SSSR count). The predicted molar refractivity (Wildman–Crippen MR) is 400 cm³/mol. The highest BCUT2D eigenvalue weighted by Gasteiger charge is 2.30. The summed E-state index contributed by atoms with van der Waals surface area (Å²) in [6.45, 7) is 14.2. The molecule has 0 aromatic rings. The van der Waals surface area contributed by atoms with Crippen molar-refractivity contribution in [3.05, 3.63) is 0 Å². The molecule has 0 aliphatic rings. The molecule has 0 aliphatic heterocycles. The smallest absolute Gasteiger partial charge is 0.462 e. The summed E-state index contributed by atoms with van der Waals surface area (Å²) in [6.07, 6.45) is 54.4. The average Bonchev–Trinajstić information content (AvgIpc) is 2.86. The van der Waals surface area contributed by atoms with Crippen LogP contribution in [0.5, 0.6) is 0 Å². The van der Waals surface area contributed by atoms with Gasteiger partial charge in [0.15, 0.2) is 12.2 Å². The number of phosphoric acid groups is 2. The third kappa shape index (κ3) is 69.8. The van der Waals surface area contributed by atoms with Crippen LogP contribution in [-0.2, 0) is 65.4 Å². The highest BCUT2D eigenvalue weighted by molar-refractivity contribution is 7.47. The minimum Gasteiger partial charge on any atom is -0.462 e. The van der Waals surface area contributed by atoms with Crippen molar-refractivity contribution < 1.29 is 80.2 Å². The van der Waals surface area contributed by atoms with Crippen molar-refractivity contribution in [3.63, 3.8) is 0 Å². The number of carbonyl (C=O) groups excluding carboxylic acids is 4. The zero-order chi connectivity index (χ0) is 72.4. The summed E-state index contributed by atoms with van der Waals surface area (Å²) in [4.78, 5) is 72.8. The first kappa shape index (κ1) is 96.1. The maximum absolute atomic E-state index is 13.1. The lowest BCUT2D eigenvalue weighted by Crippen LogP contribution is -2.30. The number of aliphatic hydroxyl groups is 1. The van der Waals surface area contributed by atoms with Gasteiger partial charge in [-0.2, -0.15) is 0 Å². The van der Waals surface area contributed by atoms with E-state index in [0.29, 0.717) is 31.6 Å². The number of phosphoric ester groups is 2. The zero-order valence-corrected chi connectivity index (χ0v) is 66.2. The second-order valence-corrected chi connectivity index (χ2v) is 32.8. The quantitative estimate of drug-likeness (QED) is 0.0222. The van der Waals surface area contributed by atoms with Crippen LogP contribution in [0.25, 0.3) is 0 Å². The van der Waals surface area contributed by atoms with Crippen LogP contribution in [0.4, 0.5) is 0 Å². The van der Waals surface area contributed by atoms with E-state index in [-0.39, 0.29) is 25.7 Å². The van der Waals surface area contributed by atoms with Gasteiger partial charge in [0.25, 0.3) is 0 Å². The topological polar surface area (TPSA) is 237 Å². The van der Waals surface area contributed by atoms with Gasteiger partial charge in [-0.15, -0.1) is 0 Å². The number of carbonyl (C=O) groups is 4. The summed E-state index contributed by atoms with van der Waals surface area (Å²) in [5.41, 5.74) is 0. The van der Waals surface area contributed by atoms with Gasteiger partial charge >= 0.3 is 39.5 Å². The molecular formula is C79H154O17P2. The summed E-state index contributed by atoms with van der Waals surface area (Å²) in [5, 5.41) is 10.6. The van der Waals surface area contributed by atoms with Crippen LogP contribution in [0.15, 0.2) is 0 Å². The molecule has 0 saturated carbocycles. The fourth-order valence-corrected chi connectivity index (χ4v) is 13.6. The molecule has 0 aromatic heterocycles. The fraction of sp³-hybridized carbons (Fsp3) is 0.949.